The van der Waals surface area contributed by atoms with Crippen LogP contribution in [0.4, 0.5) is 0 Å². The lowest BCUT2D eigenvalue weighted by atomic mass is 9.98. The van der Waals surface area contributed by atoms with Crippen LogP contribution in [0.15, 0.2) is 59.5 Å². The van der Waals surface area contributed by atoms with Crippen molar-refractivity contribution < 1.29 is 14.7 Å². The summed E-state index contributed by atoms with van der Waals surface area (Å²) in [6.45, 7) is 9.78. The van der Waals surface area contributed by atoms with Gasteiger partial charge in [-0.25, -0.2) is 0 Å². The van der Waals surface area contributed by atoms with Crippen LogP contribution in [0.25, 0.3) is 11.3 Å². The van der Waals surface area contributed by atoms with Crippen LogP contribution < -0.4 is 10.9 Å². The summed E-state index contributed by atoms with van der Waals surface area (Å²) >= 11 is 0. The van der Waals surface area contributed by atoms with Crippen molar-refractivity contribution in [3.05, 3.63) is 87.5 Å². The average molecular weight is 476 g/mol. The first-order valence-corrected chi connectivity index (χ1v) is 11.8. The minimum absolute atomic E-state index is 0.141. The lowest BCUT2D eigenvalue weighted by molar-refractivity contribution is -0.138. The molecule has 0 saturated heterocycles. The Bertz CT molecular complexity index is 1260. The van der Waals surface area contributed by atoms with Crippen LogP contribution in [-0.4, -0.2) is 26.5 Å². The molecular formula is C28H33N3O4. The number of rotatable bonds is 9. The Kier molecular flexibility index (Phi) is 8.22. The molecule has 2 heterocycles. The van der Waals surface area contributed by atoms with E-state index in [0.29, 0.717) is 12.1 Å². The maximum atomic E-state index is 13.5. The number of carbonyl (C=O) groups excluding carboxylic acids is 1. The first kappa shape index (κ1) is 25.9. The molecule has 2 unspecified atom stereocenters. The first-order chi connectivity index (χ1) is 16.6. The number of nitrogens with one attached hydrogen (secondary N) is 1. The summed E-state index contributed by atoms with van der Waals surface area (Å²) in [5, 5.41) is 12.5. The van der Waals surface area contributed by atoms with E-state index in [2.05, 4.69) is 5.32 Å². The second-order valence-electron chi connectivity index (χ2n) is 9.47. The zero-order valence-corrected chi connectivity index (χ0v) is 20.9. The van der Waals surface area contributed by atoms with Crippen molar-refractivity contribution >= 4 is 11.9 Å². The van der Waals surface area contributed by atoms with Crippen LogP contribution in [0.1, 0.15) is 61.2 Å². The number of hydrogen-bond donors (Lipinski definition) is 2. The molecule has 0 bridgehead atoms. The van der Waals surface area contributed by atoms with Gasteiger partial charge >= 0.3 is 5.97 Å². The molecule has 0 fully saturated rings. The monoisotopic (exact) mass is 475 g/mol. The van der Waals surface area contributed by atoms with Gasteiger partial charge < -0.3 is 15.0 Å². The zero-order valence-electron chi connectivity index (χ0n) is 20.9. The second kappa shape index (κ2) is 11.1. The lowest BCUT2D eigenvalue weighted by Gasteiger charge is -2.25. The van der Waals surface area contributed by atoms with Gasteiger partial charge in [-0.2, -0.15) is 0 Å². The van der Waals surface area contributed by atoms with Gasteiger partial charge in [0.15, 0.2) is 0 Å². The van der Waals surface area contributed by atoms with Crippen molar-refractivity contribution in [1.29, 1.82) is 0 Å². The predicted octanol–water partition coefficient (Wildman–Crippen LogP) is 4.75. The number of aryl methyl sites for hydroxylation is 3. The molecule has 184 valence electrons. The summed E-state index contributed by atoms with van der Waals surface area (Å²) in [6.07, 6.45) is 1.73. The second-order valence-corrected chi connectivity index (χ2v) is 9.47. The molecule has 2 atom stereocenters. The molecule has 35 heavy (non-hydrogen) atoms. The van der Waals surface area contributed by atoms with Crippen LogP contribution in [0.2, 0.25) is 0 Å². The quantitative estimate of drug-likeness (QED) is 0.465. The average Bonchev–Trinajstić information content (AvgIpc) is 2.77. The highest BCUT2D eigenvalue weighted by Gasteiger charge is 2.27. The molecule has 0 aliphatic heterocycles. The molecule has 0 radical (unpaired) electrons. The summed E-state index contributed by atoms with van der Waals surface area (Å²) in [4.78, 5) is 42.5. The van der Waals surface area contributed by atoms with Crippen LogP contribution in [0.3, 0.4) is 0 Å². The lowest BCUT2D eigenvalue weighted by Crippen LogP contribution is -2.40. The third kappa shape index (κ3) is 6.44. The van der Waals surface area contributed by atoms with Crippen molar-refractivity contribution in [2.45, 2.75) is 59.5 Å². The Morgan fingerprint density at radius 3 is 2.29 bits per heavy atom. The molecule has 0 aliphatic rings. The van der Waals surface area contributed by atoms with Crippen molar-refractivity contribution in [2.24, 2.45) is 5.92 Å². The van der Waals surface area contributed by atoms with Crippen LogP contribution in [-0.2, 0) is 9.59 Å². The molecule has 1 aromatic carbocycles. The number of aromatic nitrogens is 2. The molecule has 2 aromatic heterocycles. The van der Waals surface area contributed by atoms with Gasteiger partial charge in [-0.05, 0) is 68.0 Å². The van der Waals surface area contributed by atoms with Gasteiger partial charge in [0, 0.05) is 17.8 Å². The summed E-state index contributed by atoms with van der Waals surface area (Å²) in [6, 6.07) is 13.1. The van der Waals surface area contributed by atoms with Gasteiger partial charge in [0.05, 0.1) is 23.9 Å². The van der Waals surface area contributed by atoms with Gasteiger partial charge in [-0.1, -0.05) is 38.1 Å². The van der Waals surface area contributed by atoms with E-state index in [1.807, 2.05) is 65.0 Å². The molecular weight excluding hydrogens is 442 g/mol. The molecule has 2 N–H and O–H groups in total. The predicted molar refractivity (Wildman–Crippen MR) is 136 cm³/mol. The molecule has 7 nitrogen and oxygen atoms in total. The molecule has 1 amide bonds. The molecule has 7 heteroatoms. The zero-order chi connectivity index (χ0) is 25.7. The number of hydrogen-bond acceptors (Lipinski definition) is 4. The number of nitrogens with zero attached hydrogens (tertiary/aromatic N) is 2. The highest BCUT2D eigenvalue weighted by atomic mass is 16.4. The fourth-order valence-electron chi connectivity index (χ4n) is 4.32. The van der Waals surface area contributed by atoms with Gasteiger partial charge in [0.2, 0.25) is 5.91 Å². The summed E-state index contributed by atoms with van der Waals surface area (Å²) in [7, 11) is 0. The summed E-state index contributed by atoms with van der Waals surface area (Å²) in [5.74, 6) is -1.32. The number of carboxylic acid groups (broad SMARTS) is 1. The molecule has 3 rings (SSSR count). The van der Waals surface area contributed by atoms with Crippen molar-refractivity contribution in [2.75, 3.05) is 0 Å². The van der Waals surface area contributed by atoms with Gasteiger partial charge in [0.1, 0.15) is 6.04 Å². The van der Waals surface area contributed by atoms with E-state index in [1.54, 1.807) is 18.3 Å². The highest BCUT2D eigenvalue weighted by molar-refractivity contribution is 5.81. The largest absolute Gasteiger partial charge is 0.481 e. The number of benzene rings is 1. The number of amides is 1. The molecule has 3 aromatic rings. The molecule has 0 spiro atoms. The third-order valence-electron chi connectivity index (χ3n) is 6.00. The van der Waals surface area contributed by atoms with Gasteiger partial charge in [0.25, 0.3) is 5.56 Å². The number of pyridine rings is 2. The van der Waals surface area contributed by atoms with Crippen molar-refractivity contribution in [3.8, 4) is 11.3 Å². The van der Waals surface area contributed by atoms with Crippen molar-refractivity contribution in [3.63, 3.8) is 0 Å². The Balaban J connectivity index is 1.98. The Morgan fingerprint density at radius 1 is 1.03 bits per heavy atom. The first-order valence-electron chi connectivity index (χ1n) is 11.8. The van der Waals surface area contributed by atoms with E-state index in [-0.39, 0.29) is 17.9 Å². The van der Waals surface area contributed by atoms with E-state index >= 15 is 0 Å². The number of carbonyl (C=O) groups is 2. The van der Waals surface area contributed by atoms with Crippen LogP contribution >= 0.6 is 0 Å². The fourth-order valence-corrected chi connectivity index (χ4v) is 4.32. The summed E-state index contributed by atoms with van der Waals surface area (Å²) < 4.78 is 1.42. The highest BCUT2D eigenvalue weighted by Crippen LogP contribution is 2.28. The summed E-state index contributed by atoms with van der Waals surface area (Å²) in [5.41, 5.74) is 4.82. The third-order valence-corrected chi connectivity index (χ3v) is 6.00. The Labute approximate surface area is 205 Å². The minimum atomic E-state index is -1.05. The standard InChI is InChI=1S/C28H33N3O4/c1-17(2)14-24(31-13-12-18(3)15-25(31)32)28(35)30-23(16-26(33)34)21-10-7-11-22(29-21)27-19(4)8-6-9-20(27)5/h6-13,15,17,23-24H,14,16H2,1-5H3,(H,30,35)(H,33,34). The van der Waals surface area contributed by atoms with E-state index in [4.69, 9.17) is 4.98 Å². The van der Waals surface area contributed by atoms with Crippen molar-refractivity contribution in [1.82, 2.24) is 14.9 Å². The maximum absolute atomic E-state index is 13.5. The number of aliphatic carboxylic acids is 1. The maximum Gasteiger partial charge on any atom is 0.305 e. The van der Waals surface area contributed by atoms with E-state index in [1.165, 1.54) is 10.6 Å². The van der Waals surface area contributed by atoms with Gasteiger partial charge in [-0.3, -0.25) is 19.4 Å². The molecule has 0 saturated carbocycles. The topological polar surface area (TPSA) is 101 Å². The van der Waals surface area contributed by atoms with E-state index in [9.17, 15) is 19.5 Å². The minimum Gasteiger partial charge on any atom is -0.481 e. The number of carboxylic acids is 1. The smallest absolute Gasteiger partial charge is 0.305 e. The van der Waals surface area contributed by atoms with Gasteiger partial charge in [-0.15, -0.1) is 0 Å². The SMILES string of the molecule is Cc1ccn(C(CC(C)C)C(=O)NC(CC(=O)O)c2cccc(-c3c(C)cccc3C)n2)c(=O)c1. The fraction of sp³-hybridized carbons (Fsp3) is 0.357. The van der Waals surface area contributed by atoms with E-state index < -0.39 is 24.0 Å². The van der Waals surface area contributed by atoms with E-state index in [0.717, 1.165) is 27.9 Å². The van der Waals surface area contributed by atoms with Crippen LogP contribution in [0, 0.1) is 26.7 Å². The Morgan fingerprint density at radius 2 is 1.69 bits per heavy atom. The van der Waals surface area contributed by atoms with Crippen LogP contribution in [0.5, 0.6) is 0 Å². The normalized spacial score (nSPS) is 12.9. The molecule has 0 aliphatic carbocycles. The Hall–Kier alpha value is -3.74.